The van der Waals surface area contributed by atoms with E-state index in [9.17, 15) is 0 Å². The maximum absolute atomic E-state index is 9.06. The summed E-state index contributed by atoms with van der Waals surface area (Å²) in [6.07, 6.45) is 3.38. The molecule has 3 N–H and O–H groups in total. The van der Waals surface area contributed by atoms with E-state index in [0.717, 1.165) is 19.5 Å². The van der Waals surface area contributed by atoms with Crippen molar-refractivity contribution in [1.29, 1.82) is 0 Å². The maximum Gasteiger partial charge on any atom is 0.0587 e. The second-order valence-corrected chi connectivity index (χ2v) is 3.68. The van der Waals surface area contributed by atoms with Gasteiger partial charge in [0.1, 0.15) is 0 Å². The third-order valence-electron chi connectivity index (χ3n) is 2.57. The summed E-state index contributed by atoms with van der Waals surface area (Å²) in [4.78, 5) is 2.31. The quantitative estimate of drug-likeness (QED) is 0.636. The Balaban J connectivity index is 2.30. The van der Waals surface area contributed by atoms with E-state index < -0.39 is 0 Å². The lowest BCUT2D eigenvalue weighted by Gasteiger charge is -2.21. The van der Waals surface area contributed by atoms with Crippen LogP contribution in [0.1, 0.15) is 26.2 Å². The highest BCUT2D eigenvalue weighted by molar-refractivity contribution is 4.86. The van der Waals surface area contributed by atoms with Crippen molar-refractivity contribution >= 4 is 0 Å². The van der Waals surface area contributed by atoms with E-state index in [4.69, 9.17) is 10.8 Å². The molecular formula is C9H20N2O. The molecule has 0 radical (unpaired) electrons. The molecule has 0 aromatic heterocycles. The largest absolute Gasteiger partial charge is 0.395 e. The Morgan fingerprint density at radius 3 is 2.92 bits per heavy atom. The van der Waals surface area contributed by atoms with E-state index in [2.05, 4.69) is 11.8 Å². The van der Waals surface area contributed by atoms with Crippen LogP contribution in [0.15, 0.2) is 0 Å². The van der Waals surface area contributed by atoms with Crippen molar-refractivity contribution in [1.82, 2.24) is 4.90 Å². The fourth-order valence-electron chi connectivity index (χ4n) is 1.85. The zero-order chi connectivity index (χ0) is 8.97. The van der Waals surface area contributed by atoms with E-state index in [-0.39, 0.29) is 12.6 Å². The monoisotopic (exact) mass is 172 g/mol. The minimum absolute atomic E-state index is 0.261. The molecule has 1 heterocycles. The zero-order valence-electron chi connectivity index (χ0n) is 7.87. The first-order valence-electron chi connectivity index (χ1n) is 4.88. The summed E-state index contributed by atoms with van der Waals surface area (Å²) in [5, 5.41) is 9.06. The van der Waals surface area contributed by atoms with Crippen molar-refractivity contribution in [3.63, 3.8) is 0 Å². The third kappa shape index (κ3) is 2.44. The van der Waals surface area contributed by atoms with Crippen molar-refractivity contribution in [3.8, 4) is 0 Å². The van der Waals surface area contributed by atoms with Gasteiger partial charge in [-0.05, 0) is 19.4 Å². The lowest BCUT2D eigenvalue weighted by molar-refractivity contribution is 0.157. The molecule has 0 spiro atoms. The van der Waals surface area contributed by atoms with Gasteiger partial charge < -0.3 is 10.8 Å². The molecule has 1 aliphatic rings. The molecule has 0 aromatic rings. The Labute approximate surface area is 74.5 Å². The van der Waals surface area contributed by atoms with Crippen LogP contribution in [0.4, 0.5) is 0 Å². The van der Waals surface area contributed by atoms with Crippen molar-refractivity contribution in [2.24, 2.45) is 5.73 Å². The molecule has 3 nitrogen and oxygen atoms in total. The van der Waals surface area contributed by atoms with E-state index in [1.54, 1.807) is 0 Å². The number of unbranched alkanes of at least 4 members (excludes halogenated alkanes) is 1. The summed E-state index contributed by atoms with van der Waals surface area (Å²) < 4.78 is 0. The fraction of sp³-hybridized carbons (Fsp3) is 1.00. The fourth-order valence-corrected chi connectivity index (χ4v) is 1.85. The molecule has 0 bridgehead atoms. The Kier molecular flexibility index (Phi) is 3.98. The van der Waals surface area contributed by atoms with Crippen LogP contribution in [0.2, 0.25) is 0 Å². The van der Waals surface area contributed by atoms with Gasteiger partial charge in [0.05, 0.1) is 6.61 Å². The molecule has 0 aromatic carbocycles. The molecule has 2 atom stereocenters. The van der Waals surface area contributed by atoms with Gasteiger partial charge in [-0.15, -0.1) is 0 Å². The van der Waals surface area contributed by atoms with Crippen LogP contribution in [0.25, 0.3) is 0 Å². The predicted molar refractivity (Wildman–Crippen MR) is 49.9 cm³/mol. The number of aliphatic hydroxyl groups is 1. The summed E-state index contributed by atoms with van der Waals surface area (Å²) in [7, 11) is 0. The highest BCUT2D eigenvalue weighted by atomic mass is 16.3. The number of likely N-dealkylation sites (tertiary alicyclic amines) is 1. The SMILES string of the molecule is CCCCN1C[C@@H](N)C[C@H]1CO. The second kappa shape index (κ2) is 4.80. The van der Waals surface area contributed by atoms with Crippen LogP contribution in [-0.4, -0.2) is 41.8 Å². The van der Waals surface area contributed by atoms with Crippen LogP contribution in [0, 0.1) is 0 Å². The van der Waals surface area contributed by atoms with E-state index in [1.165, 1.54) is 12.8 Å². The third-order valence-corrected chi connectivity index (χ3v) is 2.57. The van der Waals surface area contributed by atoms with E-state index in [0.29, 0.717) is 6.04 Å². The van der Waals surface area contributed by atoms with Crippen LogP contribution >= 0.6 is 0 Å². The summed E-state index contributed by atoms with van der Waals surface area (Å²) >= 11 is 0. The van der Waals surface area contributed by atoms with Crippen LogP contribution in [0.5, 0.6) is 0 Å². The molecule has 0 unspecified atom stereocenters. The molecular weight excluding hydrogens is 152 g/mol. The number of nitrogens with zero attached hydrogens (tertiary/aromatic N) is 1. The minimum atomic E-state index is 0.261. The van der Waals surface area contributed by atoms with Crippen molar-refractivity contribution in [3.05, 3.63) is 0 Å². The number of aliphatic hydroxyl groups excluding tert-OH is 1. The molecule has 1 fully saturated rings. The van der Waals surface area contributed by atoms with Gasteiger partial charge in [0, 0.05) is 18.6 Å². The lowest BCUT2D eigenvalue weighted by atomic mass is 10.2. The summed E-state index contributed by atoms with van der Waals surface area (Å²) in [5.41, 5.74) is 5.81. The molecule has 1 rings (SSSR count). The van der Waals surface area contributed by atoms with Gasteiger partial charge in [0.25, 0.3) is 0 Å². The van der Waals surface area contributed by atoms with Gasteiger partial charge >= 0.3 is 0 Å². The lowest BCUT2D eigenvalue weighted by Crippen LogP contribution is -2.33. The van der Waals surface area contributed by atoms with Crippen LogP contribution in [0.3, 0.4) is 0 Å². The number of nitrogens with two attached hydrogens (primary N) is 1. The highest BCUT2D eigenvalue weighted by Crippen LogP contribution is 2.16. The van der Waals surface area contributed by atoms with Gasteiger partial charge in [0.15, 0.2) is 0 Å². The van der Waals surface area contributed by atoms with Crippen molar-refractivity contribution in [2.45, 2.75) is 38.3 Å². The average Bonchev–Trinajstić information content (AvgIpc) is 2.42. The molecule has 0 amide bonds. The van der Waals surface area contributed by atoms with E-state index in [1.807, 2.05) is 0 Å². The molecule has 3 heteroatoms. The van der Waals surface area contributed by atoms with Crippen molar-refractivity contribution < 1.29 is 5.11 Å². The first-order valence-corrected chi connectivity index (χ1v) is 4.88. The maximum atomic E-state index is 9.06. The topological polar surface area (TPSA) is 49.5 Å². The summed E-state index contributed by atoms with van der Waals surface area (Å²) in [5.74, 6) is 0. The van der Waals surface area contributed by atoms with Gasteiger partial charge in [-0.1, -0.05) is 13.3 Å². The van der Waals surface area contributed by atoms with Crippen molar-refractivity contribution in [2.75, 3.05) is 19.7 Å². The molecule has 1 saturated heterocycles. The molecule has 72 valence electrons. The van der Waals surface area contributed by atoms with Crippen LogP contribution in [-0.2, 0) is 0 Å². The zero-order valence-corrected chi connectivity index (χ0v) is 7.87. The minimum Gasteiger partial charge on any atom is -0.395 e. The Bertz CT molecular complexity index is 130. The van der Waals surface area contributed by atoms with Gasteiger partial charge in [0.2, 0.25) is 0 Å². The number of rotatable bonds is 4. The Morgan fingerprint density at radius 2 is 2.33 bits per heavy atom. The van der Waals surface area contributed by atoms with E-state index >= 15 is 0 Å². The first-order chi connectivity index (χ1) is 5.77. The molecule has 0 saturated carbocycles. The first kappa shape index (κ1) is 9.96. The average molecular weight is 172 g/mol. The number of hydrogen-bond acceptors (Lipinski definition) is 3. The second-order valence-electron chi connectivity index (χ2n) is 3.68. The van der Waals surface area contributed by atoms with Crippen LogP contribution < -0.4 is 5.73 Å². The predicted octanol–water partition coefficient (Wildman–Crippen LogP) is 0.180. The Morgan fingerprint density at radius 1 is 1.58 bits per heavy atom. The molecule has 1 aliphatic heterocycles. The van der Waals surface area contributed by atoms with Gasteiger partial charge in [-0.25, -0.2) is 0 Å². The molecule has 12 heavy (non-hydrogen) atoms. The van der Waals surface area contributed by atoms with Gasteiger partial charge in [-0.2, -0.15) is 0 Å². The highest BCUT2D eigenvalue weighted by Gasteiger charge is 2.28. The standard InChI is InChI=1S/C9H20N2O/c1-2-3-4-11-6-8(10)5-9(11)7-12/h8-9,12H,2-7,10H2,1H3/t8-,9-/m0/s1. The Hall–Kier alpha value is -0.120. The number of hydrogen-bond donors (Lipinski definition) is 2. The normalized spacial score (nSPS) is 31.2. The summed E-state index contributed by atoms with van der Waals surface area (Å²) in [6, 6.07) is 0.602. The summed E-state index contributed by atoms with van der Waals surface area (Å²) in [6.45, 7) is 4.50. The van der Waals surface area contributed by atoms with Gasteiger partial charge in [-0.3, -0.25) is 4.90 Å². The molecule has 0 aliphatic carbocycles. The smallest absolute Gasteiger partial charge is 0.0587 e.